The quantitative estimate of drug-likeness (QED) is 0.544. The van der Waals surface area contributed by atoms with Crippen molar-refractivity contribution in [1.82, 2.24) is 0 Å². The fourth-order valence-corrected chi connectivity index (χ4v) is 2.86. The molecule has 0 aromatic rings. The van der Waals surface area contributed by atoms with Crippen LogP contribution in [0, 0.1) is 17.3 Å². The highest BCUT2D eigenvalue weighted by molar-refractivity contribution is 5.03. The zero-order valence-electron chi connectivity index (χ0n) is 6.80. The monoisotopic (exact) mass is 140 g/mol. The topological polar surface area (TPSA) is 20.2 Å². The van der Waals surface area contributed by atoms with Gasteiger partial charge in [-0.25, -0.2) is 0 Å². The molecule has 0 amide bonds. The van der Waals surface area contributed by atoms with E-state index in [0.29, 0.717) is 0 Å². The minimum atomic E-state index is 0.00116. The smallest absolute Gasteiger partial charge is 0.0599 e. The number of fused-ring (bicyclic) bond motifs is 2. The Morgan fingerprint density at radius 3 is 2.40 bits per heavy atom. The van der Waals surface area contributed by atoms with Gasteiger partial charge in [-0.1, -0.05) is 13.8 Å². The van der Waals surface area contributed by atoms with E-state index in [-0.39, 0.29) is 11.5 Å². The van der Waals surface area contributed by atoms with E-state index in [1.165, 1.54) is 12.8 Å². The molecular weight excluding hydrogens is 124 g/mol. The summed E-state index contributed by atoms with van der Waals surface area (Å²) in [6.07, 6.45) is 3.67. The summed E-state index contributed by atoms with van der Waals surface area (Å²) < 4.78 is 0. The van der Waals surface area contributed by atoms with Crippen molar-refractivity contribution in [3.8, 4) is 0 Å². The summed E-state index contributed by atoms with van der Waals surface area (Å²) in [4.78, 5) is 0. The van der Waals surface area contributed by atoms with Crippen LogP contribution in [0.5, 0.6) is 0 Å². The normalized spacial score (nSPS) is 59.7. The largest absolute Gasteiger partial charge is 0.393 e. The zero-order chi connectivity index (χ0) is 7.35. The van der Waals surface area contributed by atoms with E-state index in [1.807, 2.05) is 0 Å². The average Bonchev–Trinajstić information content (AvgIpc) is 2.25. The van der Waals surface area contributed by atoms with Gasteiger partial charge in [-0.05, 0) is 36.5 Å². The molecule has 0 aromatic carbocycles. The van der Waals surface area contributed by atoms with E-state index in [2.05, 4.69) is 13.8 Å². The minimum absolute atomic E-state index is 0.00116. The van der Waals surface area contributed by atoms with Gasteiger partial charge in [0.25, 0.3) is 0 Å². The van der Waals surface area contributed by atoms with Gasteiger partial charge in [-0.15, -0.1) is 0 Å². The van der Waals surface area contributed by atoms with Crippen molar-refractivity contribution in [3.63, 3.8) is 0 Å². The van der Waals surface area contributed by atoms with Crippen LogP contribution < -0.4 is 0 Å². The van der Waals surface area contributed by atoms with Crippen molar-refractivity contribution in [3.05, 3.63) is 0 Å². The van der Waals surface area contributed by atoms with Crippen molar-refractivity contribution < 1.29 is 5.11 Å². The van der Waals surface area contributed by atoms with Gasteiger partial charge in [0.05, 0.1) is 6.10 Å². The van der Waals surface area contributed by atoms with Crippen LogP contribution in [0.3, 0.4) is 0 Å². The Morgan fingerprint density at radius 2 is 2.20 bits per heavy atom. The Hall–Kier alpha value is -0.0400. The fourth-order valence-electron chi connectivity index (χ4n) is 2.86. The highest BCUT2D eigenvalue weighted by Crippen LogP contribution is 2.57. The predicted molar refractivity (Wildman–Crippen MR) is 40.6 cm³/mol. The van der Waals surface area contributed by atoms with Crippen molar-refractivity contribution in [2.45, 2.75) is 39.2 Å². The summed E-state index contributed by atoms with van der Waals surface area (Å²) in [5.74, 6) is 1.60. The van der Waals surface area contributed by atoms with E-state index in [4.69, 9.17) is 0 Å². The van der Waals surface area contributed by atoms with Crippen LogP contribution in [0.25, 0.3) is 0 Å². The first-order chi connectivity index (χ1) is 4.64. The van der Waals surface area contributed by atoms with Crippen LogP contribution in [-0.4, -0.2) is 11.2 Å². The lowest BCUT2D eigenvalue weighted by Gasteiger charge is -2.29. The molecule has 0 aliphatic heterocycles. The number of aliphatic hydroxyl groups excluding tert-OH is 1. The van der Waals surface area contributed by atoms with Gasteiger partial charge in [0.15, 0.2) is 0 Å². The molecule has 2 aliphatic rings. The first-order valence-corrected chi connectivity index (χ1v) is 4.32. The van der Waals surface area contributed by atoms with Crippen molar-refractivity contribution in [1.29, 1.82) is 0 Å². The van der Waals surface area contributed by atoms with Gasteiger partial charge in [0.1, 0.15) is 0 Å². The molecule has 4 atom stereocenters. The second-order valence-corrected chi connectivity index (χ2v) is 4.34. The van der Waals surface area contributed by atoms with E-state index in [1.54, 1.807) is 0 Å². The highest BCUT2D eigenvalue weighted by atomic mass is 16.3. The van der Waals surface area contributed by atoms with E-state index >= 15 is 0 Å². The number of hydrogen-bond donors (Lipinski definition) is 1. The molecule has 0 radical (unpaired) electrons. The summed E-state index contributed by atoms with van der Waals surface area (Å²) in [6, 6.07) is 0. The van der Waals surface area contributed by atoms with Crippen LogP contribution in [0.15, 0.2) is 0 Å². The second kappa shape index (κ2) is 1.76. The molecule has 2 rings (SSSR count). The lowest BCUT2D eigenvalue weighted by molar-refractivity contribution is 0.0400. The Balaban J connectivity index is 2.29. The molecule has 2 bridgehead atoms. The Bertz CT molecular complexity index is 155. The summed E-state index contributed by atoms with van der Waals surface area (Å²) in [5.41, 5.74) is 0.282. The Labute approximate surface area is 62.4 Å². The maximum Gasteiger partial charge on any atom is 0.0599 e. The van der Waals surface area contributed by atoms with Crippen LogP contribution in [0.2, 0.25) is 0 Å². The molecule has 0 saturated heterocycles. The number of aliphatic hydroxyl groups is 1. The van der Waals surface area contributed by atoms with Gasteiger partial charge in [0, 0.05) is 0 Å². The summed E-state index contributed by atoms with van der Waals surface area (Å²) >= 11 is 0. The fraction of sp³-hybridized carbons (Fsp3) is 1.00. The number of hydrogen-bond acceptors (Lipinski definition) is 1. The highest BCUT2D eigenvalue weighted by Gasteiger charge is 2.53. The maximum atomic E-state index is 9.65. The van der Waals surface area contributed by atoms with Gasteiger partial charge in [-0.3, -0.25) is 0 Å². The summed E-state index contributed by atoms with van der Waals surface area (Å²) in [5, 5.41) is 9.65. The van der Waals surface area contributed by atoms with E-state index in [0.717, 1.165) is 18.3 Å². The molecule has 0 spiro atoms. The average molecular weight is 140 g/mol. The standard InChI is InChI=1S/C9H16O/c1-6-7-3-4-9(6,2)8(10)5-7/h6-8,10H,3-5H2,1-2H3/t6-,7-,8+,9-/m1/s1. The van der Waals surface area contributed by atoms with Gasteiger partial charge < -0.3 is 5.11 Å². The number of rotatable bonds is 0. The predicted octanol–water partition coefficient (Wildman–Crippen LogP) is 1.80. The Kier molecular flexibility index (Phi) is 1.17. The first-order valence-electron chi connectivity index (χ1n) is 4.32. The van der Waals surface area contributed by atoms with E-state index in [9.17, 15) is 5.11 Å². The molecular formula is C9H16O. The van der Waals surface area contributed by atoms with Crippen LogP contribution in [0.1, 0.15) is 33.1 Å². The molecule has 58 valence electrons. The van der Waals surface area contributed by atoms with Crippen LogP contribution in [-0.2, 0) is 0 Å². The summed E-state index contributed by atoms with van der Waals surface area (Å²) in [6.45, 7) is 4.54. The zero-order valence-corrected chi connectivity index (χ0v) is 6.80. The van der Waals surface area contributed by atoms with Gasteiger partial charge in [-0.2, -0.15) is 0 Å². The Morgan fingerprint density at radius 1 is 1.50 bits per heavy atom. The van der Waals surface area contributed by atoms with E-state index < -0.39 is 0 Å². The van der Waals surface area contributed by atoms with Crippen molar-refractivity contribution >= 4 is 0 Å². The third-order valence-corrected chi connectivity index (χ3v) is 4.09. The third kappa shape index (κ3) is 0.572. The first kappa shape index (κ1) is 6.66. The second-order valence-electron chi connectivity index (χ2n) is 4.34. The lowest BCUT2D eigenvalue weighted by Crippen LogP contribution is -2.29. The molecule has 1 heteroatoms. The van der Waals surface area contributed by atoms with Gasteiger partial charge in [0.2, 0.25) is 0 Å². The van der Waals surface area contributed by atoms with Crippen LogP contribution in [0.4, 0.5) is 0 Å². The molecule has 1 nitrogen and oxygen atoms in total. The molecule has 1 N–H and O–H groups in total. The lowest BCUT2D eigenvalue weighted by atomic mass is 9.80. The van der Waals surface area contributed by atoms with Crippen LogP contribution >= 0.6 is 0 Å². The van der Waals surface area contributed by atoms with Crippen molar-refractivity contribution in [2.75, 3.05) is 0 Å². The molecule has 10 heavy (non-hydrogen) atoms. The molecule has 2 aliphatic carbocycles. The molecule has 2 fully saturated rings. The van der Waals surface area contributed by atoms with Gasteiger partial charge >= 0.3 is 0 Å². The van der Waals surface area contributed by atoms with Crippen molar-refractivity contribution in [2.24, 2.45) is 17.3 Å². The molecule has 0 unspecified atom stereocenters. The molecule has 0 heterocycles. The third-order valence-electron chi connectivity index (χ3n) is 4.09. The maximum absolute atomic E-state index is 9.65. The molecule has 2 saturated carbocycles. The molecule has 0 aromatic heterocycles. The minimum Gasteiger partial charge on any atom is -0.393 e. The SMILES string of the molecule is C[C@@H]1[C@@H]2CC[C@@]1(C)[C@@H](O)C2. The summed E-state index contributed by atoms with van der Waals surface area (Å²) in [7, 11) is 0.